The summed E-state index contributed by atoms with van der Waals surface area (Å²) in [5, 5.41) is 12.3. The Balaban J connectivity index is 4.29. The van der Waals surface area contributed by atoms with Gasteiger partial charge in [0.25, 0.3) is 0 Å². The molecule has 104 valence electrons. The Morgan fingerprint density at radius 1 is 1.29 bits per heavy atom. The predicted octanol–water partition coefficient (Wildman–Crippen LogP) is 2.09. The molecule has 0 aliphatic rings. The summed E-state index contributed by atoms with van der Waals surface area (Å²) in [5.74, 6) is 0. The van der Waals surface area contributed by atoms with E-state index in [1.54, 1.807) is 13.8 Å². The molecule has 0 saturated heterocycles. The molecule has 0 aromatic carbocycles. The van der Waals surface area contributed by atoms with Crippen molar-refractivity contribution in [3.63, 3.8) is 0 Å². The van der Waals surface area contributed by atoms with Gasteiger partial charge in [0.05, 0.1) is 12.7 Å². The number of halogens is 3. The predicted molar refractivity (Wildman–Crippen MR) is 59.8 cm³/mol. The fraction of sp³-hybridized carbons (Fsp3) is 1.00. The first kappa shape index (κ1) is 16.7. The highest BCUT2D eigenvalue weighted by Crippen LogP contribution is 2.25. The number of aliphatic hydroxyl groups is 1. The first-order valence-electron chi connectivity index (χ1n) is 5.72. The molecule has 2 N–H and O–H groups in total. The summed E-state index contributed by atoms with van der Waals surface area (Å²) in [6.45, 7) is 6.69. The van der Waals surface area contributed by atoms with E-state index >= 15 is 0 Å². The normalized spacial score (nSPS) is 19.8. The molecule has 0 amide bonds. The molecular formula is C11H22F3NO2. The summed E-state index contributed by atoms with van der Waals surface area (Å²) in [5.41, 5.74) is -0.612. The topological polar surface area (TPSA) is 41.5 Å². The zero-order valence-electron chi connectivity index (χ0n) is 10.8. The Morgan fingerprint density at radius 3 is 2.18 bits per heavy atom. The zero-order chi connectivity index (χ0) is 13.7. The van der Waals surface area contributed by atoms with E-state index in [4.69, 9.17) is 4.74 Å². The molecule has 3 unspecified atom stereocenters. The van der Waals surface area contributed by atoms with Crippen LogP contribution in [-0.2, 0) is 4.74 Å². The average molecular weight is 257 g/mol. The Labute approximate surface area is 100 Å². The van der Waals surface area contributed by atoms with Gasteiger partial charge in [-0.1, -0.05) is 6.92 Å². The van der Waals surface area contributed by atoms with Crippen LogP contribution >= 0.6 is 0 Å². The van der Waals surface area contributed by atoms with Gasteiger partial charge in [-0.2, -0.15) is 13.2 Å². The van der Waals surface area contributed by atoms with E-state index in [0.29, 0.717) is 13.0 Å². The van der Waals surface area contributed by atoms with Crippen LogP contribution in [0.5, 0.6) is 0 Å². The van der Waals surface area contributed by atoms with Crippen molar-refractivity contribution in [1.29, 1.82) is 0 Å². The number of rotatable bonds is 7. The molecule has 0 aliphatic heterocycles. The molecule has 0 heterocycles. The SMILES string of the molecule is CCNC(C)(CO)CC(C)OC(C)C(F)(F)F. The number of hydrogen-bond acceptors (Lipinski definition) is 3. The minimum atomic E-state index is -4.35. The van der Waals surface area contributed by atoms with Crippen LogP contribution in [0.1, 0.15) is 34.1 Å². The van der Waals surface area contributed by atoms with Gasteiger partial charge in [-0.3, -0.25) is 0 Å². The molecule has 0 aromatic heterocycles. The van der Waals surface area contributed by atoms with Crippen LogP contribution in [0, 0.1) is 0 Å². The maximum atomic E-state index is 12.3. The maximum absolute atomic E-state index is 12.3. The summed E-state index contributed by atoms with van der Waals surface area (Å²) < 4.78 is 41.7. The molecule has 0 aliphatic carbocycles. The summed E-state index contributed by atoms with van der Waals surface area (Å²) in [7, 11) is 0. The van der Waals surface area contributed by atoms with Crippen molar-refractivity contribution in [2.75, 3.05) is 13.2 Å². The molecule has 0 radical (unpaired) electrons. The maximum Gasteiger partial charge on any atom is 0.414 e. The molecule has 6 heteroatoms. The van der Waals surface area contributed by atoms with Crippen molar-refractivity contribution in [2.45, 2.75) is 58.0 Å². The quantitative estimate of drug-likeness (QED) is 0.734. The van der Waals surface area contributed by atoms with Crippen LogP contribution in [0.25, 0.3) is 0 Å². The fourth-order valence-corrected chi connectivity index (χ4v) is 1.73. The summed E-state index contributed by atoms with van der Waals surface area (Å²) in [4.78, 5) is 0. The van der Waals surface area contributed by atoms with E-state index in [1.165, 1.54) is 0 Å². The Hall–Kier alpha value is -0.330. The smallest absolute Gasteiger partial charge is 0.394 e. The lowest BCUT2D eigenvalue weighted by molar-refractivity contribution is -0.227. The van der Waals surface area contributed by atoms with Gasteiger partial charge in [-0.25, -0.2) is 0 Å². The Morgan fingerprint density at radius 2 is 1.82 bits per heavy atom. The Bertz CT molecular complexity index is 223. The summed E-state index contributed by atoms with van der Waals surface area (Å²) >= 11 is 0. The molecular weight excluding hydrogens is 235 g/mol. The van der Waals surface area contributed by atoms with Crippen LogP contribution in [0.15, 0.2) is 0 Å². The molecule has 3 atom stereocenters. The first-order chi connectivity index (χ1) is 7.64. The second-order valence-electron chi connectivity index (χ2n) is 4.58. The van der Waals surface area contributed by atoms with Crippen molar-refractivity contribution in [1.82, 2.24) is 5.32 Å². The molecule has 0 spiro atoms. The lowest BCUT2D eigenvalue weighted by Crippen LogP contribution is -2.48. The third-order valence-corrected chi connectivity index (χ3v) is 2.59. The number of nitrogens with one attached hydrogen (secondary N) is 1. The lowest BCUT2D eigenvalue weighted by Gasteiger charge is -2.32. The van der Waals surface area contributed by atoms with E-state index in [2.05, 4.69) is 5.32 Å². The molecule has 0 fully saturated rings. The molecule has 3 nitrogen and oxygen atoms in total. The van der Waals surface area contributed by atoms with Gasteiger partial charge in [0.15, 0.2) is 6.10 Å². The van der Waals surface area contributed by atoms with Crippen LogP contribution in [0.2, 0.25) is 0 Å². The highest BCUT2D eigenvalue weighted by Gasteiger charge is 2.38. The van der Waals surface area contributed by atoms with E-state index in [9.17, 15) is 18.3 Å². The number of aliphatic hydroxyl groups excluding tert-OH is 1. The monoisotopic (exact) mass is 257 g/mol. The van der Waals surface area contributed by atoms with Gasteiger partial charge < -0.3 is 15.2 Å². The van der Waals surface area contributed by atoms with Crippen molar-refractivity contribution in [2.24, 2.45) is 0 Å². The second-order valence-corrected chi connectivity index (χ2v) is 4.58. The molecule has 17 heavy (non-hydrogen) atoms. The van der Waals surface area contributed by atoms with Crippen LogP contribution in [0.3, 0.4) is 0 Å². The van der Waals surface area contributed by atoms with Gasteiger partial charge in [0, 0.05) is 5.54 Å². The third kappa shape index (κ3) is 6.24. The van der Waals surface area contributed by atoms with Crippen molar-refractivity contribution in [3.8, 4) is 0 Å². The molecule has 0 bridgehead atoms. The molecule has 0 rings (SSSR count). The van der Waals surface area contributed by atoms with Crippen molar-refractivity contribution >= 4 is 0 Å². The fourth-order valence-electron chi connectivity index (χ4n) is 1.73. The second kappa shape index (κ2) is 6.56. The van der Waals surface area contributed by atoms with E-state index < -0.39 is 23.9 Å². The minimum absolute atomic E-state index is 0.144. The lowest BCUT2D eigenvalue weighted by atomic mass is 9.95. The van der Waals surface area contributed by atoms with Gasteiger partial charge in [0.1, 0.15) is 0 Å². The van der Waals surface area contributed by atoms with Gasteiger partial charge in [-0.15, -0.1) is 0 Å². The summed E-state index contributed by atoms with van der Waals surface area (Å²) in [6, 6.07) is 0. The number of alkyl halides is 3. The highest BCUT2D eigenvalue weighted by molar-refractivity contribution is 4.84. The van der Waals surface area contributed by atoms with Gasteiger partial charge in [-0.05, 0) is 33.7 Å². The third-order valence-electron chi connectivity index (χ3n) is 2.59. The first-order valence-corrected chi connectivity index (χ1v) is 5.72. The highest BCUT2D eigenvalue weighted by atomic mass is 19.4. The largest absolute Gasteiger partial charge is 0.414 e. The molecule has 0 aromatic rings. The number of likely N-dealkylation sites (N-methyl/N-ethyl adjacent to an activating group) is 1. The van der Waals surface area contributed by atoms with Crippen LogP contribution < -0.4 is 5.32 Å². The van der Waals surface area contributed by atoms with Crippen LogP contribution in [0.4, 0.5) is 13.2 Å². The number of hydrogen-bond donors (Lipinski definition) is 2. The van der Waals surface area contributed by atoms with Crippen LogP contribution in [-0.4, -0.2) is 42.2 Å². The van der Waals surface area contributed by atoms with Crippen molar-refractivity contribution < 1.29 is 23.0 Å². The Kier molecular flexibility index (Phi) is 6.43. The van der Waals surface area contributed by atoms with E-state index in [1.807, 2.05) is 6.92 Å². The summed E-state index contributed by atoms with van der Waals surface area (Å²) in [6.07, 6.45) is -6.40. The van der Waals surface area contributed by atoms with Gasteiger partial charge >= 0.3 is 6.18 Å². The van der Waals surface area contributed by atoms with Gasteiger partial charge in [0.2, 0.25) is 0 Å². The zero-order valence-corrected chi connectivity index (χ0v) is 10.8. The van der Waals surface area contributed by atoms with Crippen molar-refractivity contribution in [3.05, 3.63) is 0 Å². The van der Waals surface area contributed by atoms with E-state index in [-0.39, 0.29) is 6.61 Å². The number of ether oxygens (including phenoxy) is 1. The molecule has 0 saturated carbocycles. The average Bonchev–Trinajstić information content (AvgIpc) is 2.16. The van der Waals surface area contributed by atoms with E-state index in [0.717, 1.165) is 6.92 Å². The standard InChI is InChI=1S/C11H22F3NO2/c1-5-15-10(4,7-16)6-8(2)17-9(3)11(12,13)14/h8-9,15-16H,5-7H2,1-4H3. The minimum Gasteiger partial charge on any atom is -0.394 e.